The van der Waals surface area contributed by atoms with Gasteiger partial charge < -0.3 is 10.2 Å². The third kappa shape index (κ3) is 3.05. The van der Waals surface area contributed by atoms with Gasteiger partial charge in [0.1, 0.15) is 11.4 Å². The van der Waals surface area contributed by atoms with Crippen molar-refractivity contribution in [2.24, 2.45) is 5.41 Å². The van der Waals surface area contributed by atoms with Crippen LogP contribution in [0.15, 0.2) is 43.0 Å². The third-order valence-corrected chi connectivity index (χ3v) is 5.70. The fourth-order valence-corrected chi connectivity index (χ4v) is 3.98. The van der Waals surface area contributed by atoms with Crippen LogP contribution < -0.4 is 5.32 Å². The van der Waals surface area contributed by atoms with Gasteiger partial charge in [-0.15, -0.1) is 0 Å². The molecule has 1 aliphatic heterocycles. The number of carbonyl (C=O) groups excluding carboxylic acids is 2. The third-order valence-electron chi connectivity index (χ3n) is 5.70. The molecule has 134 valence electrons. The van der Waals surface area contributed by atoms with Crippen molar-refractivity contribution in [3.63, 3.8) is 0 Å². The Morgan fingerprint density at radius 2 is 1.85 bits per heavy atom. The number of nitrogens with zero attached hydrogens (tertiary/aromatic N) is 4. The highest BCUT2D eigenvalue weighted by Crippen LogP contribution is 2.49. The molecule has 2 aliphatic rings. The molecule has 1 N–H and O–H groups in total. The quantitative estimate of drug-likeness (QED) is 0.909. The van der Waals surface area contributed by atoms with Crippen molar-refractivity contribution < 1.29 is 9.59 Å². The average molecular weight is 351 g/mol. The summed E-state index contributed by atoms with van der Waals surface area (Å²) in [5.41, 5.74) is 0.931. The van der Waals surface area contributed by atoms with Crippen molar-refractivity contribution in [3.8, 4) is 0 Å². The molecule has 2 aromatic heterocycles. The Hall–Kier alpha value is -2.83. The number of nitrogens with one attached hydrogen (secondary N) is 1. The second-order valence-corrected chi connectivity index (χ2v) is 7.02. The van der Waals surface area contributed by atoms with Crippen molar-refractivity contribution in [2.45, 2.75) is 31.7 Å². The fraction of sp³-hybridized carbons (Fsp3) is 0.421. The lowest BCUT2D eigenvalue weighted by Crippen LogP contribution is -2.59. The standard InChI is InChI=1S/C19H21N5O2/c25-17(15-13-20-9-10-22-15)23-16-4-5-19(16)6-11-24(12-7-19)18(26)14-3-1-2-8-21-14/h1-3,8-10,13,16H,4-7,11-12H2,(H,23,25)/t16-/m1/s1. The lowest BCUT2D eigenvalue weighted by Gasteiger charge is -2.54. The molecule has 3 heterocycles. The van der Waals surface area contributed by atoms with Crippen molar-refractivity contribution in [1.29, 1.82) is 0 Å². The van der Waals surface area contributed by atoms with E-state index in [2.05, 4.69) is 20.3 Å². The van der Waals surface area contributed by atoms with Crippen LogP contribution in [-0.4, -0.2) is 50.8 Å². The molecule has 0 unspecified atom stereocenters. The Labute approximate surface area is 151 Å². The molecule has 7 nitrogen and oxygen atoms in total. The minimum absolute atomic E-state index is 0.0140. The second-order valence-electron chi connectivity index (χ2n) is 7.02. The van der Waals surface area contributed by atoms with E-state index in [1.165, 1.54) is 12.4 Å². The number of carbonyl (C=O) groups is 2. The number of hydrogen-bond acceptors (Lipinski definition) is 5. The number of hydrogen-bond donors (Lipinski definition) is 1. The van der Waals surface area contributed by atoms with Crippen molar-refractivity contribution in [2.75, 3.05) is 13.1 Å². The van der Waals surface area contributed by atoms with E-state index in [0.717, 1.165) is 25.7 Å². The molecule has 4 rings (SSSR count). The van der Waals surface area contributed by atoms with Crippen LogP contribution in [0.4, 0.5) is 0 Å². The molecule has 2 fully saturated rings. The zero-order valence-corrected chi connectivity index (χ0v) is 14.5. The molecule has 26 heavy (non-hydrogen) atoms. The maximum Gasteiger partial charge on any atom is 0.272 e. The van der Waals surface area contributed by atoms with Gasteiger partial charge in [0.15, 0.2) is 0 Å². The van der Waals surface area contributed by atoms with Crippen LogP contribution in [-0.2, 0) is 0 Å². The lowest BCUT2D eigenvalue weighted by molar-refractivity contribution is -0.00256. The van der Waals surface area contributed by atoms with Crippen LogP contribution in [0.25, 0.3) is 0 Å². The Balaban J connectivity index is 1.36. The molecule has 1 aliphatic carbocycles. The number of aromatic nitrogens is 3. The minimum Gasteiger partial charge on any atom is -0.347 e. The van der Waals surface area contributed by atoms with E-state index in [-0.39, 0.29) is 23.3 Å². The summed E-state index contributed by atoms with van der Waals surface area (Å²) in [4.78, 5) is 38.9. The summed E-state index contributed by atoms with van der Waals surface area (Å²) in [6.45, 7) is 1.40. The van der Waals surface area contributed by atoms with Gasteiger partial charge in [-0.3, -0.25) is 19.6 Å². The van der Waals surface area contributed by atoms with E-state index >= 15 is 0 Å². The average Bonchev–Trinajstić information content (AvgIpc) is 2.72. The minimum atomic E-state index is -0.172. The SMILES string of the molecule is O=C(N[C@@H]1CCC12CCN(C(=O)c1ccccn1)CC2)c1cnccn1. The van der Waals surface area contributed by atoms with E-state index in [9.17, 15) is 9.59 Å². The molecular formula is C19H21N5O2. The predicted octanol–water partition coefficient (Wildman–Crippen LogP) is 1.69. The maximum atomic E-state index is 12.5. The summed E-state index contributed by atoms with van der Waals surface area (Å²) >= 11 is 0. The van der Waals surface area contributed by atoms with E-state index in [1.54, 1.807) is 24.5 Å². The highest BCUT2D eigenvalue weighted by molar-refractivity contribution is 5.93. The molecule has 7 heteroatoms. The first-order valence-corrected chi connectivity index (χ1v) is 8.95. The zero-order chi connectivity index (χ0) is 18.0. The van der Waals surface area contributed by atoms with Gasteiger partial charge in [-0.1, -0.05) is 6.07 Å². The zero-order valence-electron chi connectivity index (χ0n) is 14.5. The van der Waals surface area contributed by atoms with Gasteiger partial charge in [0.25, 0.3) is 11.8 Å². The molecule has 1 saturated carbocycles. The summed E-state index contributed by atoms with van der Waals surface area (Å²) in [5, 5.41) is 3.11. The van der Waals surface area contributed by atoms with Crippen LogP contribution in [0, 0.1) is 5.41 Å². The van der Waals surface area contributed by atoms with Gasteiger partial charge in [0, 0.05) is 37.7 Å². The Bertz CT molecular complexity index is 788. The van der Waals surface area contributed by atoms with Crippen molar-refractivity contribution in [1.82, 2.24) is 25.2 Å². The van der Waals surface area contributed by atoms with Crippen LogP contribution >= 0.6 is 0 Å². The molecule has 0 aromatic carbocycles. The number of amides is 2. The van der Waals surface area contributed by atoms with E-state index in [1.807, 2.05) is 11.0 Å². The smallest absolute Gasteiger partial charge is 0.272 e. The summed E-state index contributed by atoms with van der Waals surface area (Å²) in [6, 6.07) is 5.53. The first-order valence-electron chi connectivity index (χ1n) is 8.95. The number of rotatable bonds is 3. The van der Waals surface area contributed by atoms with Gasteiger partial charge in [-0.2, -0.15) is 0 Å². The maximum absolute atomic E-state index is 12.5. The van der Waals surface area contributed by atoms with Crippen LogP contribution in [0.3, 0.4) is 0 Å². The Morgan fingerprint density at radius 1 is 1.04 bits per heavy atom. The Kier molecular flexibility index (Phi) is 4.36. The van der Waals surface area contributed by atoms with Crippen LogP contribution in [0.1, 0.15) is 46.7 Å². The van der Waals surface area contributed by atoms with Gasteiger partial charge in [0.2, 0.25) is 0 Å². The lowest BCUT2D eigenvalue weighted by atomic mass is 9.59. The summed E-state index contributed by atoms with van der Waals surface area (Å²) in [6.07, 6.45) is 10.1. The predicted molar refractivity (Wildman–Crippen MR) is 94.3 cm³/mol. The molecule has 2 aromatic rings. The molecule has 1 atom stereocenters. The van der Waals surface area contributed by atoms with Gasteiger partial charge >= 0.3 is 0 Å². The summed E-state index contributed by atoms with van der Waals surface area (Å²) < 4.78 is 0. The van der Waals surface area contributed by atoms with Gasteiger partial charge in [-0.25, -0.2) is 4.98 Å². The van der Waals surface area contributed by atoms with Crippen molar-refractivity contribution in [3.05, 3.63) is 54.4 Å². The number of pyridine rings is 1. The summed E-state index contributed by atoms with van der Waals surface area (Å²) in [7, 11) is 0. The highest BCUT2D eigenvalue weighted by atomic mass is 16.2. The molecule has 1 saturated heterocycles. The van der Waals surface area contributed by atoms with E-state index in [0.29, 0.717) is 24.5 Å². The largest absolute Gasteiger partial charge is 0.347 e. The molecule has 0 radical (unpaired) electrons. The normalized spacial score (nSPS) is 21.1. The highest BCUT2D eigenvalue weighted by Gasteiger charge is 2.49. The van der Waals surface area contributed by atoms with E-state index < -0.39 is 0 Å². The molecule has 2 amide bonds. The monoisotopic (exact) mass is 351 g/mol. The Morgan fingerprint density at radius 3 is 2.46 bits per heavy atom. The fourth-order valence-electron chi connectivity index (χ4n) is 3.98. The first-order chi connectivity index (χ1) is 12.7. The van der Waals surface area contributed by atoms with Crippen molar-refractivity contribution >= 4 is 11.8 Å². The first kappa shape index (κ1) is 16.6. The summed E-state index contributed by atoms with van der Waals surface area (Å²) in [5.74, 6) is -0.186. The number of piperidine rings is 1. The van der Waals surface area contributed by atoms with Gasteiger partial charge in [-0.05, 0) is 43.2 Å². The van der Waals surface area contributed by atoms with Crippen LogP contribution in [0.2, 0.25) is 0 Å². The van der Waals surface area contributed by atoms with E-state index in [4.69, 9.17) is 0 Å². The topological polar surface area (TPSA) is 88.1 Å². The molecule has 0 bridgehead atoms. The second kappa shape index (κ2) is 6.82. The molecule has 1 spiro atoms. The molecular weight excluding hydrogens is 330 g/mol. The van der Waals surface area contributed by atoms with Gasteiger partial charge in [0.05, 0.1) is 6.20 Å². The van der Waals surface area contributed by atoms with Crippen LogP contribution in [0.5, 0.6) is 0 Å². The number of likely N-dealkylation sites (tertiary alicyclic amines) is 1.